The van der Waals surface area contributed by atoms with E-state index in [1.54, 1.807) is 6.08 Å². The number of carbonyl (C=O) groups excluding carboxylic acids is 1. The van der Waals surface area contributed by atoms with Gasteiger partial charge < -0.3 is 14.6 Å². The van der Waals surface area contributed by atoms with E-state index in [1.165, 1.54) is 5.56 Å². The van der Waals surface area contributed by atoms with Crippen LogP contribution in [0.5, 0.6) is 0 Å². The van der Waals surface area contributed by atoms with E-state index in [0.717, 1.165) is 17.9 Å². The van der Waals surface area contributed by atoms with Crippen molar-refractivity contribution in [3.05, 3.63) is 28.6 Å². The number of nitrogens with zero attached hydrogens (tertiary/aromatic N) is 2. The van der Waals surface area contributed by atoms with E-state index >= 15 is 0 Å². The van der Waals surface area contributed by atoms with Crippen LogP contribution >= 0.6 is 0 Å². The largest absolute Gasteiger partial charge is 0.473 e. The molecular formula is C15H22N4O2. The fraction of sp³-hybridized carbons (Fsp3) is 0.467. The molecular weight excluding hydrogens is 268 g/mol. The molecule has 0 unspecified atom stereocenters. The quantitative estimate of drug-likeness (QED) is 0.828. The van der Waals surface area contributed by atoms with Crippen molar-refractivity contribution in [2.75, 3.05) is 14.1 Å². The van der Waals surface area contributed by atoms with E-state index in [-0.39, 0.29) is 12.0 Å². The minimum absolute atomic E-state index is 0.0328. The molecule has 0 saturated heterocycles. The zero-order chi connectivity index (χ0) is 15.6. The molecule has 0 fully saturated rings. The Morgan fingerprint density at radius 3 is 2.76 bits per heavy atom. The molecule has 2 rings (SSSR count). The molecule has 1 aromatic heterocycles. The Labute approximate surface area is 124 Å². The van der Waals surface area contributed by atoms with Crippen LogP contribution in [0.25, 0.3) is 6.08 Å². The number of aromatic nitrogens is 1. The van der Waals surface area contributed by atoms with Crippen molar-refractivity contribution < 1.29 is 9.53 Å². The Kier molecular flexibility index (Phi) is 4.47. The maximum absolute atomic E-state index is 11.8. The number of hydrogen-bond donors (Lipinski definition) is 2. The van der Waals surface area contributed by atoms with Crippen molar-refractivity contribution in [2.45, 2.75) is 33.4 Å². The lowest BCUT2D eigenvalue weighted by atomic mass is 10.2. The monoisotopic (exact) mass is 290 g/mol. The van der Waals surface area contributed by atoms with Crippen LogP contribution in [-0.4, -0.2) is 41.9 Å². The van der Waals surface area contributed by atoms with Gasteiger partial charge in [-0.15, -0.1) is 5.10 Å². The summed E-state index contributed by atoms with van der Waals surface area (Å²) in [5, 5.41) is 3.92. The van der Waals surface area contributed by atoms with Gasteiger partial charge in [0.25, 0.3) is 5.91 Å². The van der Waals surface area contributed by atoms with Gasteiger partial charge in [0.15, 0.2) is 0 Å². The third-order valence-electron chi connectivity index (χ3n) is 3.01. The summed E-state index contributed by atoms with van der Waals surface area (Å²) in [6.07, 6.45) is 1.74. The van der Waals surface area contributed by atoms with E-state index < -0.39 is 0 Å². The molecule has 1 amide bonds. The second kappa shape index (κ2) is 6.13. The molecule has 0 spiro atoms. The summed E-state index contributed by atoms with van der Waals surface area (Å²) in [6.45, 7) is 6.67. The number of hydrogen-bond acceptors (Lipinski definition) is 4. The standard InChI is InChI=1S/C15H22N4O2/c1-9(2)21-15-13(14(20)17-18-15)7-12-6-11(8-19(4)5)10(3)16-12/h6-7,9,16H,8H2,1-5H3,(H,17,20)/b13-7-. The topological polar surface area (TPSA) is 69.7 Å². The second-order valence-electron chi connectivity index (χ2n) is 5.70. The van der Waals surface area contributed by atoms with Gasteiger partial charge in [0.05, 0.1) is 6.10 Å². The van der Waals surface area contributed by atoms with Crippen molar-refractivity contribution in [2.24, 2.45) is 5.10 Å². The first-order chi connectivity index (χ1) is 9.86. The first kappa shape index (κ1) is 15.3. The molecule has 2 heterocycles. The lowest BCUT2D eigenvalue weighted by Gasteiger charge is -2.08. The summed E-state index contributed by atoms with van der Waals surface area (Å²) in [7, 11) is 4.05. The smallest absolute Gasteiger partial charge is 0.277 e. The average Bonchev–Trinajstić information content (AvgIpc) is 2.86. The zero-order valence-electron chi connectivity index (χ0n) is 13.2. The van der Waals surface area contributed by atoms with Crippen LogP contribution in [0.3, 0.4) is 0 Å². The molecule has 0 atom stereocenters. The molecule has 0 bridgehead atoms. The van der Waals surface area contributed by atoms with Crippen LogP contribution in [0.2, 0.25) is 0 Å². The van der Waals surface area contributed by atoms with Crippen molar-refractivity contribution >= 4 is 17.9 Å². The minimum Gasteiger partial charge on any atom is -0.473 e. The number of aromatic amines is 1. The van der Waals surface area contributed by atoms with Crippen LogP contribution in [0.4, 0.5) is 0 Å². The first-order valence-corrected chi connectivity index (χ1v) is 6.96. The number of carbonyl (C=O) groups is 1. The molecule has 0 aromatic carbocycles. The molecule has 0 radical (unpaired) electrons. The summed E-state index contributed by atoms with van der Waals surface area (Å²) in [5.41, 5.74) is 6.05. The summed E-state index contributed by atoms with van der Waals surface area (Å²) in [6, 6.07) is 2.04. The van der Waals surface area contributed by atoms with Crippen LogP contribution in [0.15, 0.2) is 16.7 Å². The van der Waals surface area contributed by atoms with Gasteiger partial charge in [0, 0.05) is 17.9 Å². The number of rotatable bonds is 4. The Morgan fingerprint density at radius 1 is 1.43 bits per heavy atom. The molecule has 21 heavy (non-hydrogen) atoms. The molecule has 6 nitrogen and oxygen atoms in total. The summed E-state index contributed by atoms with van der Waals surface area (Å²) in [5.74, 6) is 0.100. The highest BCUT2D eigenvalue weighted by atomic mass is 16.5. The first-order valence-electron chi connectivity index (χ1n) is 6.96. The number of amides is 1. The lowest BCUT2D eigenvalue weighted by molar-refractivity contribution is -0.116. The fourth-order valence-electron chi connectivity index (χ4n) is 2.13. The molecule has 6 heteroatoms. The van der Waals surface area contributed by atoms with Gasteiger partial charge in [-0.2, -0.15) is 0 Å². The average molecular weight is 290 g/mol. The highest BCUT2D eigenvalue weighted by Crippen LogP contribution is 2.17. The predicted octanol–water partition coefficient (Wildman–Crippen LogP) is 1.64. The Bertz CT molecular complexity index is 597. The van der Waals surface area contributed by atoms with Crippen LogP contribution in [-0.2, 0) is 16.1 Å². The third-order valence-corrected chi connectivity index (χ3v) is 3.01. The number of H-pyrrole nitrogens is 1. The summed E-state index contributed by atoms with van der Waals surface area (Å²) < 4.78 is 5.54. The number of nitrogens with one attached hydrogen (secondary N) is 2. The van der Waals surface area contributed by atoms with Gasteiger partial charge in [-0.1, -0.05) is 0 Å². The Balaban J connectivity index is 2.25. The van der Waals surface area contributed by atoms with Crippen LogP contribution in [0.1, 0.15) is 30.8 Å². The van der Waals surface area contributed by atoms with Gasteiger partial charge in [-0.25, -0.2) is 5.43 Å². The predicted molar refractivity (Wildman–Crippen MR) is 82.7 cm³/mol. The van der Waals surface area contributed by atoms with Gasteiger partial charge >= 0.3 is 0 Å². The number of aryl methyl sites for hydroxylation is 1. The highest BCUT2D eigenvalue weighted by molar-refractivity contribution is 6.24. The maximum Gasteiger partial charge on any atom is 0.277 e. The molecule has 2 N–H and O–H groups in total. The maximum atomic E-state index is 11.8. The lowest BCUT2D eigenvalue weighted by Crippen LogP contribution is -2.16. The Hall–Kier alpha value is -2.08. The molecule has 0 saturated carbocycles. The Morgan fingerprint density at radius 2 is 2.14 bits per heavy atom. The van der Waals surface area contributed by atoms with Crippen molar-refractivity contribution in [3.8, 4) is 0 Å². The van der Waals surface area contributed by atoms with E-state index in [9.17, 15) is 4.79 Å². The molecule has 0 aliphatic carbocycles. The summed E-state index contributed by atoms with van der Waals surface area (Å²) in [4.78, 5) is 17.2. The van der Waals surface area contributed by atoms with E-state index in [2.05, 4.69) is 20.4 Å². The minimum atomic E-state index is -0.243. The normalized spacial score (nSPS) is 16.8. The van der Waals surface area contributed by atoms with Crippen molar-refractivity contribution in [3.63, 3.8) is 0 Å². The molecule has 1 aliphatic rings. The third kappa shape index (κ3) is 3.72. The van der Waals surface area contributed by atoms with Gasteiger partial charge in [0.2, 0.25) is 5.90 Å². The van der Waals surface area contributed by atoms with Crippen molar-refractivity contribution in [1.29, 1.82) is 0 Å². The number of hydrazone groups is 1. The highest BCUT2D eigenvalue weighted by Gasteiger charge is 2.25. The number of ether oxygens (including phenoxy) is 1. The SMILES string of the molecule is Cc1[nH]c(/C=C2/C(=O)NN=C2OC(C)C)cc1CN(C)C. The van der Waals surface area contributed by atoms with E-state index in [1.807, 2.05) is 40.9 Å². The van der Waals surface area contributed by atoms with E-state index in [0.29, 0.717) is 11.5 Å². The molecule has 1 aromatic rings. The van der Waals surface area contributed by atoms with Crippen LogP contribution in [0, 0.1) is 6.92 Å². The van der Waals surface area contributed by atoms with Gasteiger partial charge in [0.1, 0.15) is 5.57 Å². The van der Waals surface area contributed by atoms with Crippen molar-refractivity contribution in [1.82, 2.24) is 15.3 Å². The van der Waals surface area contributed by atoms with Gasteiger partial charge in [-0.3, -0.25) is 4.79 Å². The van der Waals surface area contributed by atoms with E-state index in [4.69, 9.17) is 4.74 Å². The fourth-order valence-corrected chi connectivity index (χ4v) is 2.13. The van der Waals surface area contributed by atoms with Gasteiger partial charge in [-0.05, 0) is 52.6 Å². The van der Waals surface area contributed by atoms with Crippen LogP contribution < -0.4 is 5.43 Å². The second-order valence-corrected chi connectivity index (χ2v) is 5.70. The summed E-state index contributed by atoms with van der Waals surface area (Å²) >= 11 is 0. The molecule has 114 valence electrons. The molecule has 1 aliphatic heterocycles. The zero-order valence-corrected chi connectivity index (χ0v) is 13.2.